The number of carbonyl (C=O) groups excluding carboxylic acids is 2. The topological polar surface area (TPSA) is 94.1 Å². The number of aliphatic hydroxyl groups excluding tert-OH is 1. The first-order chi connectivity index (χ1) is 18.3. The molecule has 0 saturated carbocycles. The van der Waals surface area contributed by atoms with Crippen LogP contribution in [0.4, 0.5) is 16.2 Å². The number of benzene rings is 3. The molecule has 1 aliphatic heterocycles. The van der Waals surface area contributed by atoms with E-state index >= 15 is 0 Å². The molecule has 3 atom stereocenters. The number of para-hydroxylation sites is 1. The predicted octanol–water partition coefficient (Wildman–Crippen LogP) is 4.68. The Hall–Kier alpha value is -3.88. The van der Waals surface area contributed by atoms with Gasteiger partial charge in [-0.2, -0.15) is 0 Å². The smallest absolute Gasteiger partial charge is 0.323 e. The molecule has 0 radical (unpaired) electrons. The molecule has 0 aromatic heterocycles. The molecule has 8 nitrogen and oxygen atoms in total. The lowest BCUT2D eigenvalue weighted by Gasteiger charge is -2.38. The summed E-state index contributed by atoms with van der Waals surface area (Å²) in [5.74, 6) is 0.245. The molecule has 3 aromatic carbocycles. The Labute approximate surface area is 224 Å². The van der Waals surface area contributed by atoms with E-state index in [9.17, 15) is 14.7 Å². The number of hydrogen-bond donors (Lipinski definition) is 3. The number of fused-ring (bicyclic) bond motifs is 1. The van der Waals surface area contributed by atoms with Crippen LogP contribution in [0.1, 0.15) is 29.8 Å². The summed E-state index contributed by atoms with van der Waals surface area (Å²) in [4.78, 5) is 30.1. The predicted molar refractivity (Wildman–Crippen MR) is 149 cm³/mol. The van der Waals surface area contributed by atoms with E-state index in [-0.39, 0.29) is 30.6 Å². The summed E-state index contributed by atoms with van der Waals surface area (Å²) >= 11 is 0. The molecular formula is C30H36N4O4. The van der Waals surface area contributed by atoms with Gasteiger partial charge in [-0.15, -0.1) is 0 Å². The van der Waals surface area contributed by atoms with Crippen molar-refractivity contribution in [3.8, 4) is 5.75 Å². The van der Waals surface area contributed by atoms with Crippen LogP contribution in [-0.4, -0.2) is 65.7 Å². The van der Waals surface area contributed by atoms with Crippen molar-refractivity contribution in [2.75, 3.05) is 37.4 Å². The van der Waals surface area contributed by atoms with Crippen LogP contribution in [0.15, 0.2) is 78.9 Å². The molecule has 0 bridgehead atoms. The zero-order valence-electron chi connectivity index (χ0n) is 22.1. The van der Waals surface area contributed by atoms with Gasteiger partial charge in [-0.3, -0.25) is 9.69 Å². The standard InChI is InChI=1S/C30H36N4O4/c1-21-17-34(22(2)20-35)29(36)26-16-25(32-30(37)31-24-12-8-5-9-13-24)14-15-27(26)38-28(21)19-33(3)18-23-10-6-4-7-11-23/h4-16,21-22,28,35H,17-20H2,1-3H3,(H2,31,32,37)/t21-,22-,28+/m0/s1. The number of ether oxygens (including phenoxy) is 1. The summed E-state index contributed by atoms with van der Waals surface area (Å²) in [5.41, 5.74) is 2.70. The SMILES string of the molecule is C[C@H]1CN([C@@H](C)CO)C(=O)c2cc(NC(=O)Nc3ccccc3)ccc2O[C@@H]1CN(C)Cc1ccccc1. The van der Waals surface area contributed by atoms with Crippen LogP contribution in [0, 0.1) is 5.92 Å². The molecule has 0 saturated heterocycles. The maximum absolute atomic E-state index is 13.6. The number of hydrogen-bond acceptors (Lipinski definition) is 5. The Kier molecular flexibility index (Phi) is 8.99. The van der Waals surface area contributed by atoms with Gasteiger partial charge >= 0.3 is 6.03 Å². The third-order valence-corrected chi connectivity index (χ3v) is 6.74. The average Bonchev–Trinajstić information content (AvgIpc) is 2.91. The highest BCUT2D eigenvalue weighted by Gasteiger charge is 2.33. The Morgan fingerprint density at radius 2 is 1.71 bits per heavy atom. The minimum absolute atomic E-state index is 0.0220. The summed E-state index contributed by atoms with van der Waals surface area (Å²) < 4.78 is 6.47. The fourth-order valence-corrected chi connectivity index (χ4v) is 4.60. The fraction of sp³-hybridized carbons (Fsp3) is 0.333. The number of likely N-dealkylation sites (N-methyl/N-ethyl adjacent to an activating group) is 1. The van der Waals surface area contributed by atoms with Crippen LogP contribution in [-0.2, 0) is 6.54 Å². The van der Waals surface area contributed by atoms with E-state index in [0.717, 1.165) is 6.54 Å². The van der Waals surface area contributed by atoms with Crippen molar-refractivity contribution >= 4 is 23.3 Å². The van der Waals surface area contributed by atoms with Gasteiger partial charge in [0.1, 0.15) is 11.9 Å². The lowest BCUT2D eigenvalue weighted by molar-refractivity contribution is 0.0341. The van der Waals surface area contributed by atoms with E-state index in [2.05, 4.69) is 41.6 Å². The third kappa shape index (κ3) is 6.90. The van der Waals surface area contributed by atoms with Crippen molar-refractivity contribution in [2.45, 2.75) is 32.5 Å². The van der Waals surface area contributed by atoms with Crippen molar-refractivity contribution in [3.63, 3.8) is 0 Å². The second-order valence-corrected chi connectivity index (χ2v) is 9.96. The average molecular weight is 517 g/mol. The summed E-state index contributed by atoms with van der Waals surface area (Å²) in [7, 11) is 2.06. The van der Waals surface area contributed by atoms with Gasteiger partial charge in [-0.1, -0.05) is 55.5 Å². The van der Waals surface area contributed by atoms with Crippen LogP contribution in [0.5, 0.6) is 5.75 Å². The van der Waals surface area contributed by atoms with E-state index in [0.29, 0.717) is 35.8 Å². The first kappa shape index (κ1) is 27.2. The lowest BCUT2D eigenvalue weighted by Crippen LogP contribution is -2.49. The summed E-state index contributed by atoms with van der Waals surface area (Å²) in [6.45, 7) is 5.62. The molecule has 3 amide bonds. The van der Waals surface area contributed by atoms with Crippen molar-refractivity contribution in [1.29, 1.82) is 0 Å². The molecule has 0 unspecified atom stereocenters. The second-order valence-electron chi connectivity index (χ2n) is 9.96. The normalized spacial score (nSPS) is 18.1. The number of urea groups is 1. The van der Waals surface area contributed by atoms with Crippen molar-refractivity contribution in [1.82, 2.24) is 9.80 Å². The van der Waals surface area contributed by atoms with Crippen LogP contribution in [0.25, 0.3) is 0 Å². The van der Waals surface area contributed by atoms with Gasteiger partial charge in [0.25, 0.3) is 5.91 Å². The largest absolute Gasteiger partial charge is 0.488 e. The van der Waals surface area contributed by atoms with E-state index in [1.807, 2.05) is 43.3 Å². The molecule has 8 heteroatoms. The fourth-order valence-electron chi connectivity index (χ4n) is 4.60. The Bertz CT molecular complexity index is 1220. The second kappa shape index (κ2) is 12.6. The van der Waals surface area contributed by atoms with Crippen LogP contribution in [0.2, 0.25) is 0 Å². The molecule has 38 heavy (non-hydrogen) atoms. The first-order valence-electron chi connectivity index (χ1n) is 12.9. The number of rotatable bonds is 8. The minimum atomic E-state index is -0.412. The van der Waals surface area contributed by atoms with Gasteiger partial charge in [-0.05, 0) is 49.9 Å². The highest BCUT2D eigenvalue weighted by atomic mass is 16.5. The highest BCUT2D eigenvalue weighted by molar-refractivity contribution is 6.02. The molecule has 1 heterocycles. The quantitative estimate of drug-likeness (QED) is 0.404. The summed E-state index contributed by atoms with van der Waals surface area (Å²) in [6, 6.07) is 23.7. The van der Waals surface area contributed by atoms with Gasteiger partial charge in [-0.25, -0.2) is 4.79 Å². The molecule has 1 aliphatic rings. The maximum atomic E-state index is 13.6. The molecule has 0 fully saturated rings. The van der Waals surface area contributed by atoms with E-state index < -0.39 is 6.03 Å². The Morgan fingerprint density at radius 1 is 1.05 bits per heavy atom. The van der Waals surface area contributed by atoms with E-state index in [1.165, 1.54) is 5.56 Å². The van der Waals surface area contributed by atoms with Crippen molar-refractivity contribution in [3.05, 3.63) is 90.0 Å². The maximum Gasteiger partial charge on any atom is 0.323 e. The van der Waals surface area contributed by atoms with Crippen LogP contribution in [0.3, 0.4) is 0 Å². The number of anilines is 2. The van der Waals surface area contributed by atoms with Crippen LogP contribution < -0.4 is 15.4 Å². The summed E-state index contributed by atoms with van der Waals surface area (Å²) in [6.07, 6.45) is -0.191. The third-order valence-electron chi connectivity index (χ3n) is 6.74. The molecular weight excluding hydrogens is 480 g/mol. The molecule has 3 N–H and O–H groups in total. The van der Waals surface area contributed by atoms with E-state index in [1.54, 1.807) is 35.2 Å². The molecule has 4 rings (SSSR count). The van der Waals surface area contributed by atoms with Gasteiger partial charge < -0.3 is 25.4 Å². The van der Waals surface area contributed by atoms with Crippen LogP contribution >= 0.6 is 0 Å². The number of nitrogens with one attached hydrogen (secondary N) is 2. The van der Waals surface area contributed by atoms with Gasteiger partial charge in [0.2, 0.25) is 0 Å². The van der Waals surface area contributed by atoms with Gasteiger partial charge in [0.15, 0.2) is 0 Å². The molecule has 0 spiro atoms. The van der Waals surface area contributed by atoms with Gasteiger partial charge in [0.05, 0.1) is 18.2 Å². The van der Waals surface area contributed by atoms with Crippen molar-refractivity contribution in [2.24, 2.45) is 5.92 Å². The summed E-state index contributed by atoms with van der Waals surface area (Å²) in [5, 5.41) is 15.5. The minimum Gasteiger partial charge on any atom is -0.488 e. The van der Waals surface area contributed by atoms with E-state index in [4.69, 9.17) is 4.74 Å². The van der Waals surface area contributed by atoms with Crippen molar-refractivity contribution < 1.29 is 19.4 Å². The lowest BCUT2D eigenvalue weighted by atomic mass is 9.99. The molecule has 200 valence electrons. The Balaban J connectivity index is 1.56. The number of carbonyl (C=O) groups is 2. The number of aliphatic hydroxyl groups is 1. The zero-order valence-corrected chi connectivity index (χ0v) is 22.1. The molecule has 3 aromatic rings. The number of nitrogens with zero attached hydrogens (tertiary/aromatic N) is 2. The first-order valence-corrected chi connectivity index (χ1v) is 12.9. The van der Waals surface area contributed by atoms with Gasteiger partial charge in [0, 0.05) is 36.9 Å². The number of amides is 3. The molecule has 0 aliphatic carbocycles. The highest BCUT2D eigenvalue weighted by Crippen LogP contribution is 2.31. The monoisotopic (exact) mass is 516 g/mol. The zero-order chi connectivity index (χ0) is 27.1. The Morgan fingerprint density at radius 3 is 2.39 bits per heavy atom.